The predicted octanol–water partition coefficient (Wildman–Crippen LogP) is -0.0658. The minimum absolute atomic E-state index is 0.271. The molecule has 3 heterocycles. The maximum absolute atomic E-state index is 11.7. The molecule has 0 bridgehead atoms. The van der Waals surface area contributed by atoms with E-state index < -0.39 is 10.0 Å². The number of methoxy groups -OCH3 is 1. The highest BCUT2D eigenvalue weighted by Crippen LogP contribution is 2.32. The molecule has 0 unspecified atom stereocenters. The molecule has 120 valence electrons. The highest BCUT2D eigenvalue weighted by molar-refractivity contribution is 7.88. The summed E-state index contributed by atoms with van der Waals surface area (Å²) in [6, 6.07) is 0. The van der Waals surface area contributed by atoms with Crippen molar-refractivity contribution in [3.05, 3.63) is 17.1 Å². The van der Waals surface area contributed by atoms with E-state index in [1.54, 1.807) is 18.8 Å². The summed E-state index contributed by atoms with van der Waals surface area (Å²) in [6.07, 6.45) is 1.74. The topological polar surface area (TPSA) is 103 Å². The number of hydrogen-bond acceptors (Lipinski definition) is 7. The van der Waals surface area contributed by atoms with E-state index in [4.69, 9.17) is 9.26 Å². The molecule has 22 heavy (non-hydrogen) atoms. The van der Waals surface area contributed by atoms with E-state index in [2.05, 4.69) is 15.2 Å². The van der Waals surface area contributed by atoms with Gasteiger partial charge in [-0.3, -0.25) is 4.68 Å². The molecular formula is C12H17N5O4S. The van der Waals surface area contributed by atoms with Gasteiger partial charge in [-0.1, -0.05) is 5.16 Å². The Morgan fingerprint density at radius 2 is 2.14 bits per heavy atom. The van der Waals surface area contributed by atoms with Gasteiger partial charge < -0.3 is 9.26 Å². The van der Waals surface area contributed by atoms with Crippen LogP contribution in [0.25, 0.3) is 11.6 Å². The zero-order valence-corrected chi connectivity index (χ0v) is 13.4. The normalized spacial score (nSPS) is 15.4. The third-order valence-electron chi connectivity index (χ3n) is 3.60. The van der Waals surface area contributed by atoms with Crippen molar-refractivity contribution in [2.75, 3.05) is 20.0 Å². The van der Waals surface area contributed by atoms with E-state index in [1.807, 2.05) is 0 Å². The minimum Gasteiger partial charge on any atom is -0.384 e. The molecule has 0 N–H and O–H groups in total. The third-order valence-corrected chi connectivity index (χ3v) is 4.80. The molecule has 9 nitrogen and oxygen atoms in total. The number of rotatable bonds is 5. The van der Waals surface area contributed by atoms with Crippen molar-refractivity contribution in [3.63, 3.8) is 0 Å². The van der Waals surface area contributed by atoms with Gasteiger partial charge in [0.1, 0.15) is 0 Å². The van der Waals surface area contributed by atoms with Crippen LogP contribution in [0.4, 0.5) is 0 Å². The first-order valence-electron chi connectivity index (χ1n) is 6.72. The second kappa shape index (κ2) is 5.45. The van der Waals surface area contributed by atoms with Crippen molar-refractivity contribution >= 4 is 10.0 Å². The highest BCUT2D eigenvalue weighted by atomic mass is 32.2. The van der Waals surface area contributed by atoms with Gasteiger partial charge in [0.2, 0.25) is 10.0 Å². The summed E-state index contributed by atoms with van der Waals surface area (Å²) in [7, 11) is 0.124. The Morgan fingerprint density at radius 3 is 2.82 bits per heavy atom. The van der Waals surface area contributed by atoms with Gasteiger partial charge in [0, 0.05) is 32.7 Å². The Labute approximate surface area is 127 Å². The van der Waals surface area contributed by atoms with Crippen LogP contribution in [0, 0.1) is 0 Å². The van der Waals surface area contributed by atoms with Gasteiger partial charge in [-0.25, -0.2) is 8.42 Å². The molecule has 0 amide bonds. The predicted molar refractivity (Wildman–Crippen MR) is 76.2 cm³/mol. The third kappa shape index (κ3) is 2.64. The monoisotopic (exact) mass is 327 g/mol. The van der Waals surface area contributed by atoms with Crippen molar-refractivity contribution < 1.29 is 17.7 Å². The van der Waals surface area contributed by atoms with Crippen LogP contribution < -0.4 is 0 Å². The number of nitrogens with zero attached hydrogens (tertiary/aromatic N) is 5. The Kier molecular flexibility index (Phi) is 3.75. The van der Waals surface area contributed by atoms with Crippen LogP contribution in [0.2, 0.25) is 0 Å². The van der Waals surface area contributed by atoms with E-state index in [0.29, 0.717) is 37.0 Å². The lowest BCUT2D eigenvalue weighted by molar-refractivity contribution is 0.199. The molecule has 3 rings (SSSR count). The first-order chi connectivity index (χ1) is 10.4. The molecule has 0 aromatic carbocycles. The van der Waals surface area contributed by atoms with E-state index in [-0.39, 0.29) is 6.54 Å². The van der Waals surface area contributed by atoms with Gasteiger partial charge in [-0.2, -0.15) is 14.4 Å². The SMILES string of the molecule is COCCc1noc(-c2nn(C)c3c2CN(S(C)(=O)=O)C3)n1. The summed E-state index contributed by atoms with van der Waals surface area (Å²) >= 11 is 0. The number of aryl methyl sites for hydroxylation is 1. The molecule has 0 radical (unpaired) electrons. The van der Waals surface area contributed by atoms with Crippen molar-refractivity contribution in [3.8, 4) is 11.6 Å². The van der Waals surface area contributed by atoms with E-state index in [0.717, 1.165) is 11.3 Å². The Balaban J connectivity index is 1.92. The van der Waals surface area contributed by atoms with Gasteiger partial charge in [0.05, 0.1) is 25.1 Å². The van der Waals surface area contributed by atoms with Gasteiger partial charge in [0.25, 0.3) is 5.89 Å². The zero-order chi connectivity index (χ0) is 15.9. The van der Waals surface area contributed by atoms with Crippen molar-refractivity contribution in [2.24, 2.45) is 7.05 Å². The summed E-state index contributed by atoms with van der Waals surface area (Å²) in [5.41, 5.74) is 2.20. The second-order valence-electron chi connectivity index (χ2n) is 5.19. The summed E-state index contributed by atoms with van der Waals surface area (Å²) in [5, 5.41) is 8.27. The smallest absolute Gasteiger partial charge is 0.278 e. The molecule has 0 fully saturated rings. The molecule has 2 aromatic rings. The van der Waals surface area contributed by atoms with Crippen LogP contribution in [0.3, 0.4) is 0 Å². The average molecular weight is 327 g/mol. The number of ether oxygens (including phenoxy) is 1. The number of fused-ring (bicyclic) bond motifs is 1. The fraction of sp³-hybridized carbons (Fsp3) is 0.583. The highest BCUT2D eigenvalue weighted by Gasteiger charge is 2.33. The molecule has 10 heteroatoms. The van der Waals surface area contributed by atoms with Crippen molar-refractivity contribution in [1.29, 1.82) is 0 Å². The lowest BCUT2D eigenvalue weighted by atomic mass is 10.2. The van der Waals surface area contributed by atoms with Gasteiger partial charge >= 0.3 is 0 Å². The maximum Gasteiger partial charge on any atom is 0.278 e. The van der Waals surface area contributed by atoms with Crippen LogP contribution in [0.5, 0.6) is 0 Å². The van der Waals surface area contributed by atoms with Crippen LogP contribution in [0.15, 0.2) is 4.52 Å². The Morgan fingerprint density at radius 1 is 1.36 bits per heavy atom. The van der Waals surface area contributed by atoms with E-state index >= 15 is 0 Å². The Hall–Kier alpha value is -1.78. The molecule has 2 aromatic heterocycles. The van der Waals surface area contributed by atoms with Crippen LogP contribution in [-0.2, 0) is 41.3 Å². The molecule has 0 saturated heterocycles. The van der Waals surface area contributed by atoms with Crippen LogP contribution in [0.1, 0.15) is 17.1 Å². The standard InChI is InChI=1S/C12H17N5O4S/c1-16-9-7-17(22(3,18)19)6-8(9)11(14-16)12-13-10(15-21-12)4-5-20-2/h4-7H2,1-3H3. The van der Waals surface area contributed by atoms with E-state index in [9.17, 15) is 8.42 Å². The van der Waals surface area contributed by atoms with E-state index in [1.165, 1.54) is 10.6 Å². The molecule has 0 spiro atoms. The van der Waals surface area contributed by atoms with Crippen molar-refractivity contribution in [2.45, 2.75) is 19.5 Å². The molecule has 1 aliphatic heterocycles. The molecular weight excluding hydrogens is 310 g/mol. The lowest BCUT2D eigenvalue weighted by Gasteiger charge is -2.11. The number of sulfonamides is 1. The van der Waals surface area contributed by atoms with Gasteiger partial charge in [-0.15, -0.1) is 0 Å². The lowest BCUT2D eigenvalue weighted by Crippen LogP contribution is -2.24. The van der Waals surface area contributed by atoms with Gasteiger partial charge in [-0.05, 0) is 0 Å². The summed E-state index contributed by atoms with van der Waals surface area (Å²) in [4.78, 5) is 4.29. The zero-order valence-electron chi connectivity index (χ0n) is 12.6. The van der Waals surface area contributed by atoms with Crippen molar-refractivity contribution in [1.82, 2.24) is 24.2 Å². The van der Waals surface area contributed by atoms with Crippen LogP contribution in [-0.4, -0.2) is 52.6 Å². The van der Waals surface area contributed by atoms with Crippen LogP contribution >= 0.6 is 0 Å². The molecule has 0 aliphatic carbocycles. The summed E-state index contributed by atoms with van der Waals surface area (Å²) in [5.74, 6) is 0.840. The second-order valence-corrected chi connectivity index (χ2v) is 7.17. The quantitative estimate of drug-likeness (QED) is 0.757. The first kappa shape index (κ1) is 15.1. The summed E-state index contributed by atoms with van der Waals surface area (Å²) < 4.78 is 36.7. The number of aromatic nitrogens is 4. The molecule has 0 saturated carbocycles. The largest absolute Gasteiger partial charge is 0.384 e. The fourth-order valence-corrected chi connectivity index (χ4v) is 3.14. The fourth-order valence-electron chi connectivity index (χ4n) is 2.42. The summed E-state index contributed by atoms with van der Waals surface area (Å²) in [6.45, 7) is 1.08. The first-order valence-corrected chi connectivity index (χ1v) is 8.56. The van der Waals surface area contributed by atoms with Gasteiger partial charge in [0.15, 0.2) is 11.5 Å². The Bertz CT molecular complexity index is 795. The average Bonchev–Trinajstić information content (AvgIpc) is 3.12. The minimum atomic E-state index is -3.25. The molecule has 1 aliphatic rings. The molecule has 0 atom stereocenters. The number of hydrogen-bond donors (Lipinski definition) is 0. The maximum atomic E-state index is 11.7.